The monoisotopic (exact) mass is 358 g/mol. The van der Waals surface area contributed by atoms with Gasteiger partial charge in [-0.1, -0.05) is 42.0 Å². The van der Waals surface area contributed by atoms with E-state index in [0.717, 1.165) is 12.0 Å². The lowest BCUT2D eigenvalue weighted by atomic mass is 9.84. The molecule has 0 N–H and O–H groups in total. The zero-order valence-electron chi connectivity index (χ0n) is 15.5. The van der Waals surface area contributed by atoms with Crippen LogP contribution in [0.25, 0.3) is 0 Å². The third-order valence-electron chi connectivity index (χ3n) is 4.85. The molecule has 0 saturated heterocycles. The maximum atomic E-state index is 12.6. The highest BCUT2D eigenvalue weighted by atomic mass is 16.8. The van der Waals surface area contributed by atoms with Gasteiger partial charge in [0.2, 0.25) is 6.29 Å². The quantitative estimate of drug-likeness (QED) is 0.420. The molecule has 0 bridgehead atoms. The maximum absolute atomic E-state index is 12.6. The highest BCUT2D eigenvalue weighted by Crippen LogP contribution is 2.43. The summed E-state index contributed by atoms with van der Waals surface area (Å²) in [5.41, 5.74) is 2.70. The minimum Gasteiger partial charge on any atom is -0.471 e. The second-order valence-corrected chi connectivity index (χ2v) is 6.61. The van der Waals surface area contributed by atoms with Gasteiger partial charge < -0.3 is 18.9 Å². The van der Waals surface area contributed by atoms with E-state index in [-0.39, 0.29) is 30.7 Å². The number of allylic oxidation sites excluding steroid dienone is 1. The molecule has 0 aromatic heterocycles. The highest BCUT2D eigenvalue weighted by Gasteiger charge is 2.44. The number of fused-ring (bicyclic) bond motifs is 1. The first-order chi connectivity index (χ1) is 12.6. The molecule has 0 amide bonds. The molecule has 1 heterocycles. The zero-order chi connectivity index (χ0) is 18.5. The van der Waals surface area contributed by atoms with Crippen LogP contribution >= 0.6 is 0 Å². The van der Waals surface area contributed by atoms with Gasteiger partial charge in [0, 0.05) is 18.4 Å². The topological polar surface area (TPSA) is 54.0 Å². The molecule has 1 unspecified atom stereocenters. The van der Waals surface area contributed by atoms with Crippen molar-refractivity contribution in [3.05, 3.63) is 59.4 Å². The van der Waals surface area contributed by atoms with E-state index >= 15 is 0 Å². The Kier molecular flexibility index (Phi) is 6.12. The van der Waals surface area contributed by atoms with Crippen LogP contribution in [-0.4, -0.2) is 25.2 Å². The van der Waals surface area contributed by atoms with Crippen molar-refractivity contribution >= 4 is 5.97 Å². The van der Waals surface area contributed by atoms with Crippen molar-refractivity contribution in [2.45, 2.75) is 46.4 Å². The van der Waals surface area contributed by atoms with E-state index in [9.17, 15) is 4.79 Å². The Morgan fingerprint density at radius 1 is 1.31 bits per heavy atom. The van der Waals surface area contributed by atoms with Gasteiger partial charge in [-0.25, -0.2) is 4.79 Å². The number of esters is 1. The third-order valence-corrected chi connectivity index (χ3v) is 4.85. The first kappa shape index (κ1) is 18.7. The van der Waals surface area contributed by atoms with E-state index in [4.69, 9.17) is 18.9 Å². The number of ether oxygens (including phenoxy) is 4. The largest absolute Gasteiger partial charge is 0.471 e. The summed E-state index contributed by atoms with van der Waals surface area (Å²) in [5, 5.41) is 0. The molecule has 0 saturated carbocycles. The van der Waals surface area contributed by atoms with Crippen LogP contribution in [0.1, 0.15) is 32.8 Å². The molecule has 0 fully saturated rings. The number of benzene rings is 1. The Morgan fingerprint density at radius 3 is 2.81 bits per heavy atom. The minimum absolute atomic E-state index is 0.00202. The van der Waals surface area contributed by atoms with Crippen molar-refractivity contribution in [3.63, 3.8) is 0 Å². The van der Waals surface area contributed by atoms with Crippen LogP contribution in [0.5, 0.6) is 0 Å². The molecule has 1 aliphatic heterocycles. The number of rotatable bonds is 7. The molecule has 3 rings (SSSR count). The molecule has 140 valence electrons. The summed E-state index contributed by atoms with van der Waals surface area (Å²) in [6.07, 6.45) is 3.62. The van der Waals surface area contributed by atoms with Crippen LogP contribution in [0.2, 0.25) is 0 Å². The van der Waals surface area contributed by atoms with E-state index in [1.807, 2.05) is 51.1 Å². The Hall–Kier alpha value is -2.11. The molecule has 5 heteroatoms. The lowest BCUT2D eigenvalue weighted by molar-refractivity contribution is -0.242. The van der Waals surface area contributed by atoms with E-state index in [1.165, 1.54) is 11.8 Å². The first-order valence-electron chi connectivity index (χ1n) is 9.10. The predicted octanol–water partition coefficient (Wildman–Crippen LogP) is 3.95. The normalized spacial score (nSPS) is 25.6. The fourth-order valence-corrected chi connectivity index (χ4v) is 3.54. The standard InChI is InChI=1S/C21H26O5/c1-4-23-15(3)26-21-19-14(2)10-11-17(19)18(13-25-21)20(22)24-12-16-8-6-5-7-9-16/h5-10,13,15,17,19,21H,4,11-12H2,1-3H3/t15?,17-,19+,21-/m1/s1. The Morgan fingerprint density at radius 2 is 2.08 bits per heavy atom. The average Bonchev–Trinajstić information content (AvgIpc) is 3.03. The van der Waals surface area contributed by atoms with E-state index < -0.39 is 6.29 Å². The second-order valence-electron chi connectivity index (χ2n) is 6.61. The van der Waals surface area contributed by atoms with Crippen LogP contribution in [0, 0.1) is 11.8 Å². The fourth-order valence-electron chi connectivity index (χ4n) is 3.54. The van der Waals surface area contributed by atoms with Crippen LogP contribution in [-0.2, 0) is 30.3 Å². The summed E-state index contributed by atoms with van der Waals surface area (Å²) in [6, 6.07) is 9.65. The summed E-state index contributed by atoms with van der Waals surface area (Å²) < 4.78 is 22.6. The zero-order valence-corrected chi connectivity index (χ0v) is 15.5. The predicted molar refractivity (Wildman–Crippen MR) is 96.7 cm³/mol. The molecular formula is C21H26O5. The first-order valence-corrected chi connectivity index (χ1v) is 9.10. The van der Waals surface area contributed by atoms with Crippen LogP contribution < -0.4 is 0 Å². The van der Waals surface area contributed by atoms with Crippen molar-refractivity contribution in [2.24, 2.45) is 11.8 Å². The van der Waals surface area contributed by atoms with Crippen molar-refractivity contribution in [3.8, 4) is 0 Å². The van der Waals surface area contributed by atoms with Crippen molar-refractivity contribution < 1.29 is 23.7 Å². The molecule has 1 aromatic rings. The molecule has 0 radical (unpaired) electrons. The molecule has 0 spiro atoms. The summed E-state index contributed by atoms with van der Waals surface area (Å²) >= 11 is 0. The third kappa shape index (κ3) is 4.17. The highest BCUT2D eigenvalue weighted by molar-refractivity contribution is 5.89. The smallest absolute Gasteiger partial charge is 0.337 e. The average molecular weight is 358 g/mol. The van der Waals surface area contributed by atoms with Gasteiger partial charge in [0.1, 0.15) is 6.61 Å². The molecule has 26 heavy (non-hydrogen) atoms. The number of hydrogen-bond donors (Lipinski definition) is 0. The van der Waals surface area contributed by atoms with Crippen LogP contribution in [0.15, 0.2) is 53.8 Å². The molecule has 4 atom stereocenters. The van der Waals surface area contributed by atoms with Gasteiger partial charge in [-0.3, -0.25) is 0 Å². The molecule has 2 aliphatic rings. The van der Waals surface area contributed by atoms with Crippen LogP contribution in [0.3, 0.4) is 0 Å². The van der Waals surface area contributed by atoms with E-state index in [0.29, 0.717) is 12.2 Å². The molecule has 1 aromatic carbocycles. The van der Waals surface area contributed by atoms with Gasteiger partial charge in [0.05, 0.1) is 11.8 Å². The minimum atomic E-state index is -0.453. The molecule has 5 nitrogen and oxygen atoms in total. The van der Waals surface area contributed by atoms with Gasteiger partial charge in [-0.15, -0.1) is 0 Å². The van der Waals surface area contributed by atoms with Crippen LogP contribution in [0.4, 0.5) is 0 Å². The van der Waals surface area contributed by atoms with Crippen molar-refractivity contribution in [1.82, 2.24) is 0 Å². The van der Waals surface area contributed by atoms with Gasteiger partial charge in [0.25, 0.3) is 0 Å². The summed E-state index contributed by atoms with van der Waals surface area (Å²) in [4.78, 5) is 12.6. The van der Waals surface area contributed by atoms with Gasteiger partial charge in [-0.2, -0.15) is 0 Å². The second kappa shape index (κ2) is 8.52. The van der Waals surface area contributed by atoms with Gasteiger partial charge in [0.15, 0.2) is 6.29 Å². The molecular weight excluding hydrogens is 332 g/mol. The van der Waals surface area contributed by atoms with E-state index in [2.05, 4.69) is 6.08 Å². The van der Waals surface area contributed by atoms with Crippen molar-refractivity contribution in [1.29, 1.82) is 0 Å². The summed E-state index contributed by atoms with van der Waals surface area (Å²) in [6.45, 7) is 6.65. The summed E-state index contributed by atoms with van der Waals surface area (Å²) in [7, 11) is 0. The van der Waals surface area contributed by atoms with Crippen molar-refractivity contribution in [2.75, 3.05) is 6.61 Å². The number of hydrogen-bond acceptors (Lipinski definition) is 5. The number of carbonyl (C=O) groups excluding carboxylic acids is 1. The fraction of sp³-hybridized carbons (Fsp3) is 0.476. The van der Waals surface area contributed by atoms with Gasteiger partial charge in [-0.05, 0) is 32.8 Å². The van der Waals surface area contributed by atoms with Gasteiger partial charge >= 0.3 is 5.97 Å². The number of carbonyl (C=O) groups is 1. The SMILES string of the molecule is CCOC(C)O[C@H]1OC=C(C(=O)OCc2ccccc2)[C@H]2CC=C(C)[C@H]12. The summed E-state index contributed by atoms with van der Waals surface area (Å²) in [5.74, 6) is -0.309. The van der Waals surface area contributed by atoms with E-state index in [1.54, 1.807) is 0 Å². The lowest BCUT2D eigenvalue weighted by Crippen LogP contribution is -2.38. The maximum Gasteiger partial charge on any atom is 0.337 e. The molecule has 1 aliphatic carbocycles. The Balaban J connectivity index is 1.67. The Labute approximate surface area is 154 Å². The lowest BCUT2D eigenvalue weighted by Gasteiger charge is -2.35. The Bertz CT molecular complexity index is 679.